The summed E-state index contributed by atoms with van der Waals surface area (Å²) in [7, 11) is -4.07. The molecule has 3 amide bonds. The van der Waals surface area contributed by atoms with E-state index in [1.165, 1.54) is 0 Å². The summed E-state index contributed by atoms with van der Waals surface area (Å²) in [5, 5.41) is 5.31. The highest BCUT2D eigenvalue weighted by molar-refractivity contribution is 7.90. The third kappa shape index (κ3) is 21.7. The number of hydrogen-bond donors (Lipinski definition) is 5. The smallest absolute Gasteiger partial charge is 0.407 e. The Morgan fingerprint density at radius 3 is 2.02 bits per heavy atom. The number of carbonyl (C=O) groups excluding carboxylic acids is 6. The van der Waals surface area contributed by atoms with Crippen LogP contribution >= 0.6 is 0 Å². The summed E-state index contributed by atoms with van der Waals surface area (Å²) in [5.41, 5.74) is 12.3. The molecule has 21 heteroatoms. The van der Waals surface area contributed by atoms with Crippen LogP contribution < -0.4 is 31.6 Å². The van der Waals surface area contributed by atoms with Crippen LogP contribution in [0, 0.1) is 20.8 Å². The zero-order valence-corrected chi connectivity index (χ0v) is 38.6. The standard InChI is InChI=1S/C36H57N5O10S.C6H9NO4/c1-10-29(43)48-21-22-49-34(45)39-19-13-11-12-16-28(42)40-27(32(44)51-35(5,6)7)15-14-20-38-33(37)41-52(46,47)31-24(3)23(2)30-26(25(31)4)17-18-36(8,9)50-30;1-2-5(8)10-3-4-11-6(7)9/h10,27H,1,11-22H2,2-9H3,(H,39,45)(H,40,42)(H3,37,38,41);2H,1,3-4H2,(H2,7,9)/t27-;/m0./s1. The van der Waals surface area contributed by atoms with E-state index in [2.05, 4.69) is 48.7 Å². The van der Waals surface area contributed by atoms with Gasteiger partial charge >= 0.3 is 30.1 Å². The highest BCUT2D eigenvalue weighted by Crippen LogP contribution is 2.42. The van der Waals surface area contributed by atoms with E-state index >= 15 is 0 Å². The third-order valence-electron chi connectivity index (χ3n) is 8.95. The van der Waals surface area contributed by atoms with E-state index in [9.17, 15) is 37.2 Å². The second-order valence-corrected chi connectivity index (χ2v) is 17.4. The van der Waals surface area contributed by atoms with Gasteiger partial charge in [-0.3, -0.25) is 9.79 Å². The number of unbranched alkanes of at least 4 members (excludes halogenated alkanes) is 2. The topological polar surface area (TPSA) is 292 Å². The van der Waals surface area contributed by atoms with E-state index in [0.29, 0.717) is 49.8 Å². The molecule has 1 aromatic rings. The molecule has 0 saturated carbocycles. The number of ether oxygens (including phenoxy) is 6. The molecule has 0 spiro atoms. The van der Waals surface area contributed by atoms with E-state index in [-0.39, 0.29) is 68.2 Å². The maximum atomic E-state index is 13.5. The molecule has 1 aromatic carbocycles. The number of hydrogen-bond acceptors (Lipinski definition) is 15. The summed E-state index contributed by atoms with van der Waals surface area (Å²) in [6, 6.07) is -0.946. The molecule has 354 valence electrons. The minimum atomic E-state index is -4.07. The average Bonchev–Trinajstić information content (AvgIpc) is 3.18. The van der Waals surface area contributed by atoms with Crippen molar-refractivity contribution >= 4 is 52.0 Å². The summed E-state index contributed by atoms with van der Waals surface area (Å²) < 4.78 is 59.5. The third-order valence-corrected chi connectivity index (χ3v) is 10.6. The van der Waals surface area contributed by atoms with Crippen LogP contribution in [-0.2, 0) is 59.3 Å². The Labute approximate surface area is 370 Å². The molecular weight excluding hydrogens is 845 g/mol. The zero-order chi connectivity index (χ0) is 48.0. The van der Waals surface area contributed by atoms with E-state index < -0.39 is 51.8 Å². The molecule has 7 N–H and O–H groups in total. The van der Waals surface area contributed by atoms with E-state index in [4.69, 9.17) is 24.7 Å². The molecule has 0 bridgehead atoms. The normalized spacial score (nSPS) is 13.5. The lowest BCUT2D eigenvalue weighted by Crippen LogP contribution is -2.44. The van der Waals surface area contributed by atoms with E-state index in [1.54, 1.807) is 34.6 Å². The zero-order valence-electron chi connectivity index (χ0n) is 37.8. The van der Waals surface area contributed by atoms with Crippen LogP contribution in [0.4, 0.5) is 9.59 Å². The number of benzene rings is 1. The van der Waals surface area contributed by atoms with Crippen molar-refractivity contribution in [3.05, 3.63) is 47.6 Å². The Morgan fingerprint density at radius 2 is 1.44 bits per heavy atom. The summed E-state index contributed by atoms with van der Waals surface area (Å²) in [6.45, 7) is 21.2. The molecule has 0 fully saturated rings. The molecule has 0 aliphatic carbocycles. The van der Waals surface area contributed by atoms with Crippen molar-refractivity contribution in [1.29, 1.82) is 0 Å². The first kappa shape index (κ1) is 55.2. The molecular formula is C42H66N6O14S. The predicted molar refractivity (Wildman–Crippen MR) is 233 cm³/mol. The SMILES string of the molecule is C=CC(=O)OCCOC(=O)NCCCCCC(=O)N[C@@H](CCCN=C(N)NS(=O)(=O)c1c(C)c(C)c2c(c1C)CCC(C)(C)O2)C(=O)OC(C)(C)C.C=CC(=O)OCCOC(N)=O. The van der Waals surface area contributed by atoms with Crippen molar-refractivity contribution in [2.75, 3.05) is 39.5 Å². The maximum Gasteiger partial charge on any atom is 0.407 e. The Kier molecular flexibility index (Phi) is 23.3. The van der Waals surface area contributed by atoms with Crippen LogP contribution in [0.2, 0.25) is 0 Å². The minimum absolute atomic E-state index is 0.00616. The second-order valence-electron chi connectivity index (χ2n) is 15.8. The number of sulfonamides is 1. The molecule has 20 nitrogen and oxygen atoms in total. The molecule has 63 heavy (non-hydrogen) atoms. The van der Waals surface area contributed by atoms with Gasteiger partial charge in [0.05, 0.1) is 4.90 Å². The molecule has 0 unspecified atom stereocenters. The number of aliphatic imine (C=N–C) groups is 1. The average molecular weight is 911 g/mol. The van der Waals surface area contributed by atoms with Gasteiger partial charge in [-0.15, -0.1) is 0 Å². The molecule has 1 atom stereocenters. The quantitative estimate of drug-likeness (QED) is 0.0277. The number of alkyl carbamates (subject to hydrolysis) is 1. The van der Waals surface area contributed by atoms with Crippen molar-refractivity contribution in [2.45, 2.75) is 129 Å². The fraction of sp³-hybridized carbons (Fsp3) is 0.595. The van der Waals surface area contributed by atoms with E-state index in [1.807, 2.05) is 20.8 Å². The van der Waals surface area contributed by atoms with Gasteiger partial charge in [-0.25, -0.2) is 37.1 Å². The van der Waals surface area contributed by atoms with Gasteiger partial charge in [0.2, 0.25) is 11.9 Å². The van der Waals surface area contributed by atoms with Crippen LogP contribution in [0.1, 0.15) is 102 Å². The number of fused-ring (bicyclic) bond motifs is 1. The lowest BCUT2D eigenvalue weighted by molar-refractivity contribution is -0.159. The molecule has 0 radical (unpaired) electrons. The first-order chi connectivity index (χ1) is 29.3. The van der Waals surface area contributed by atoms with Gasteiger partial charge in [0, 0.05) is 31.7 Å². The molecule has 0 aromatic heterocycles. The molecule has 1 aliphatic rings. The Balaban J connectivity index is 0.00000158. The summed E-state index contributed by atoms with van der Waals surface area (Å²) in [5.74, 6) is -1.66. The van der Waals surface area contributed by atoms with Crippen LogP contribution in [0.25, 0.3) is 0 Å². The van der Waals surface area contributed by atoms with Crippen molar-refractivity contribution in [2.24, 2.45) is 16.5 Å². The monoisotopic (exact) mass is 910 g/mol. The van der Waals surface area contributed by atoms with Crippen LogP contribution in [-0.4, -0.2) is 107 Å². The highest BCUT2D eigenvalue weighted by Gasteiger charge is 2.34. The maximum absolute atomic E-state index is 13.5. The van der Waals surface area contributed by atoms with Gasteiger partial charge in [-0.2, -0.15) is 0 Å². The Bertz CT molecular complexity index is 1930. The summed E-state index contributed by atoms with van der Waals surface area (Å²) >= 11 is 0. The molecule has 0 saturated heterocycles. The van der Waals surface area contributed by atoms with Crippen LogP contribution in [0.15, 0.2) is 35.2 Å². The number of primary amides is 1. The van der Waals surface area contributed by atoms with Crippen molar-refractivity contribution in [3.63, 3.8) is 0 Å². The van der Waals surface area contributed by atoms with Crippen molar-refractivity contribution < 1.29 is 65.6 Å². The number of esters is 3. The molecule has 1 aliphatic heterocycles. The highest BCUT2D eigenvalue weighted by atomic mass is 32.2. The fourth-order valence-electron chi connectivity index (χ4n) is 5.86. The van der Waals surface area contributed by atoms with Crippen LogP contribution in [0.3, 0.4) is 0 Å². The Morgan fingerprint density at radius 1 is 0.857 bits per heavy atom. The lowest BCUT2D eigenvalue weighted by Gasteiger charge is -2.35. The summed E-state index contributed by atoms with van der Waals surface area (Å²) in [6.07, 6.45) is 4.29. The van der Waals surface area contributed by atoms with E-state index in [0.717, 1.165) is 35.4 Å². The molecule has 2 rings (SSSR count). The van der Waals surface area contributed by atoms with Crippen LogP contribution in [0.5, 0.6) is 5.75 Å². The number of nitrogens with two attached hydrogens (primary N) is 2. The second kappa shape index (κ2) is 26.6. The van der Waals surface area contributed by atoms with Gasteiger partial charge in [-0.05, 0) is 116 Å². The number of guanidine groups is 1. The largest absolute Gasteiger partial charge is 0.487 e. The van der Waals surface area contributed by atoms with Crippen molar-refractivity contribution in [3.8, 4) is 5.75 Å². The summed E-state index contributed by atoms with van der Waals surface area (Å²) in [4.78, 5) is 73.0. The number of carbonyl (C=O) groups is 6. The van der Waals surface area contributed by atoms with Gasteiger partial charge in [-0.1, -0.05) is 19.6 Å². The lowest BCUT2D eigenvalue weighted by atomic mass is 9.88. The number of amides is 3. The Hall–Kier alpha value is -5.86. The number of nitrogens with zero attached hydrogens (tertiary/aromatic N) is 1. The minimum Gasteiger partial charge on any atom is -0.487 e. The number of nitrogens with one attached hydrogen (secondary N) is 3. The van der Waals surface area contributed by atoms with Gasteiger partial charge in [0.15, 0.2) is 0 Å². The molecule has 1 heterocycles. The van der Waals surface area contributed by atoms with Crippen molar-refractivity contribution in [1.82, 2.24) is 15.4 Å². The predicted octanol–water partition coefficient (Wildman–Crippen LogP) is 3.74. The number of rotatable bonds is 22. The first-order valence-electron chi connectivity index (χ1n) is 20.4. The van der Waals surface area contributed by atoms with Gasteiger partial charge in [0.1, 0.15) is 49.4 Å². The van der Waals surface area contributed by atoms with Gasteiger partial charge < -0.3 is 50.5 Å². The fourth-order valence-corrected chi connectivity index (χ4v) is 7.39. The first-order valence-corrected chi connectivity index (χ1v) is 21.9. The van der Waals surface area contributed by atoms with Gasteiger partial charge in [0.25, 0.3) is 10.0 Å².